The van der Waals surface area contributed by atoms with Crippen LogP contribution < -0.4 is 10.9 Å². The van der Waals surface area contributed by atoms with Crippen LogP contribution in [0.1, 0.15) is 20.3 Å². The summed E-state index contributed by atoms with van der Waals surface area (Å²) in [7, 11) is 1.78. The lowest BCUT2D eigenvalue weighted by Gasteiger charge is -2.16. The number of aromatic nitrogens is 4. The molecule has 1 unspecified atom stereocenters. The van der Waals surface area contributed by atoms with Crippen LogP contribution in [0.3, 0.4) is 0 Å². The predicted molar refractivity (Wildman–Crippen MR) is 70.5 cm³/mol. The number of nitrogens with one attached hydrogen (secondary N) is 1. The van der Waals surface area contributed by atoms with Gasteiger partial charge in [-0.05, 0) is 13.0 Å². The van der Waals surface area contributed by atoms with Crippen molar-refractivity contribution in [2.75, 3.05) is 6.54 Å². The molecule has 1 N–H and O–H groups in total. The van der Waals surface area contributed by atoms with Crippen molar-refractivity contribution in [2.24, 2.45) is 7.05 Å². The molecule has 0 radical (unpaired) electrons. The van der Waals surface area contributed by atoms with Gasteiger partial charge in [-0.15, -0.1) is 0 Å². The molecule has 6 heteroatoms. The minimum absolute atomic E-state index is 0.0237. The number of rotatable bonds is 5. The third kappa shape index (κ3) is 2.28. The van der Waals surface area contributed by atoms with Crippen LogP contribution in [0.2, 0.25) is 0 Å². The molecule has 0 aliphatic heterocycles. The van der Waals surface area contributed by atoms with Crippen LogP contribution in [0.15, 0.2) is 17.3 Å². The average Bonchev–Trinajstić information content (AvgIpc) is 2.74. The molecule has 0 aliphatic carbocycles. The molecule has 0 saturated carbocycles. The lowest BCUT2D eigenvalue weighted by atomic mass is 10.2. The number of likely N-dealkylation sites (N-methyl/N-ethyl adjacent to an activating group) is 1. The second kappa shape index (κ2) is 5.30. The molecule has 2 aromatic heterocycles. The summed E-state index contributed by atoms with van der Waals surface area (Å²) in [6.45, 7) is 5.71. The van der Waals surface area contributed by atoms with E-state index < -0.39 is 0 Å². The minimum Gasteiger partial charge on any atom is -0.312 e. The second-order valence-electron chi connectivity index (χ2n) is 4.37. The maximum absolute atomic E-state index is 12.2. The van der Waals surface area contributed by atoms with Crippen LogP contribution >= 0.6 is 0 Å². The van der Waals surface area contributed by atoms with Crippen molar-refractivity contribution in [1.29, 1.82) is 0 Å². The van der Waals surface area contributed by atoms with Crippen molar-refractivity contribution in [1.82, 2.24) is 24.6 Å². The molecule has 1 atom stereocenters. The first-order chi connectivity index (χ1) is 8.67. The van der Waals surface area contributed by atoms with Crippen molar-refractivity contribution in [3.8, 4) is 0 Å². The zero-order valence-electron chi connectivity index (χ0n) is 11.1. The number of nitrogens with zero attached hydrogens (tertiary/aromatic N) is 4. The molecule has 2 rings (SSSR count). The van der Waals surface area contributed by atoms with E-state index in [9.17, 15) is 4.79 Å². The maximum Gasteiger partial charge on any atom is 0.264 e. The predicted octanol–water partition coefficient (Wildman–Crippen LogP) is 0.518. The normalized spacial score (nSPS) is 13.1. The molecule has 0 spiro atoms. The summed E-state index contributed by atoms with van der Waals surface area (Å²) < 4.78 is 3.27. The molecule has 6 nitrogen and oxygen atoms in total. The molecule has 0 aromatic carbocycles. The Hall–Kier alpha value is -1.69. The highest BCUT2D eigenvalue weighted by Gasteiger charge is 2.11. The first kappa shape index (κ1) is 12.8. The standard InChI is InChI=1S/C12H19N5O/c1-4-9(13-5-2)7-17-8-14-11-10(12(17)18)6-15-16(11)3/h6,8-9,13H,4-5,7H2,1-3H3. The first-order valence-electron chi connectivity index (χ1n) is 6.27. The van der Waals surface area contributed by atoms with E-state index in [1.54, 1.807) is 28.8 Å². The monoisotopic (exact) mass is 249 g/mol. The minimum atomic E-state index is -0.0237. The molecule has 2 heterocycles. The smallest absolute Gasteiger partial charge is 0.264 e. The van der Waals surface area contributed by atoms with E-state index in [1.165, 1.54) is 0 Å². The molecular formula is C12H19N5O. The van der Waals surface area contributed by atoms with Gasteiger partial charge in [0.15, 0.2) is 5.65 Å². The summed E-state index contributed by atoms with van der Waals surface area (Å²) in [4.78, 5) is 16.5. The van der Waals surface area contributed by atoms with Gasteiger partial charge in [0.25, 0.3) is 5.56 Å². The van der Waals surface area contributed by atoms with E-state index in [0.29, 0.717) is 23.6 Å². The fraction of sp³-hybridized carbons (Fsp3) is 0.583. The Morgan fingerprint density at radius 2 is 2.22 bits per heavy atom. The van der Waals surface area contributed by atoms with Crippen molar-refractivity contribution < 1.29 is 0 Å². The summed E-state index contributed by atoms with van der Waals surface area (Å²) >= 11 is 0. The lowest BCUT2D eigenvalue weighted by Crippen LogP contribution is -2.36. The highest BCUT2D eigenvalue weighted by Crippen LogP contribution is 2.04. The molecule has 0 fully saturated rings. The SMILES string of the molecule is CCNC(CC)Cn1cnc2c(cnn2C)c1=O. The van der Waals surface area contributed by atoms with Gasteiger partial charge in [0, 0.05) is 19.6 Å². The van der Waals surface area contributed by atoms with Crippen LogP contribution in [-0.2, 0) is 13.6 Å². The summed E-state index contributed by atoms with van der Waals surface area (Å²) in [5.41, 5.74) is 0.609. The lowest BCUT2D eigenvalue weighted by molar-refractivity contribution is 0.439. The van der Waals surface area contributed by atoms with Gasteiger partial charge in [0.1, 0.15) is 11.7 Å². The van der Waals surface area contributed by atoms with E-state index in [2.05, 4.69) is 29.2 Å². The zero-order valence-corrected chi connectivity index (χ0v) is 11.1. The number of aryl methyl sites for hydroxylation is 1. The summed E-state index contributed by atoms with van der Waals surface area (Å²) in [5.74, 6) is 0. The summed E-state index contributed by atoms with van der Waals surface area (Å²) in [6, 6.07) is 0.295. The molecule has 0 bridgehead atoms. The van der Waals surface area contributed by atoms with E-state index in [4.69, 9.17) is 0 Å². The van der Waals surface area contributed by atoms with Gasteiger partial charge in [-0.3, -0.25) is 14.0 Å². The number of hydrogen-bond donors (Lipinski definition) is 1. The molecular weight excluding hydrogens is 230 g/mol. The zero-order chi connectivity index (χ0) is 13.1. The van der Waals surface area contributed by atoms with Crippen LogP contribution in [0.25, 0.3) is 11.0 Å². The first-order valence-corrected chi connectivity index (χ1v) is 6.27. The summed E-state index contributed by atoms with van der Waals surface area (Å²) in [6.07, 6.45) is 4.16. The van der Waals surface area contributed by atoms with Crippen molar-refractivity contribution >= 4 is 11.0 Å². The quantitative estimate of drug-likeness (QED) is 0.839. The molecule has 2 aromatic rings. The van der Waals surface area contributed by atoms with E-state index in [1.807, 2.05) is 0 Å². The Morgan fingerprint density at radius 1 is 1.44 bits per heavy atom. The Balaban J connectivity index is 2.34. The second-order valence-corrected chi connectivity index (χ2v) is 4.37. The van der Waals surface area contributed by atoms with Crippen molar-refractivity contribution in [3.05, 3.63) is 22.9 Å². The Labute approximate surface area is 106 Å². The van der Waals surface area contributed by atoms with Gasteiger partial charge >= 0.3 is 0 Å². The highest BCUT2D eigenvalue weighted by molar-refractivity contribution is 5.72. The van der Waals surface area contributed by atoms with Crippen LogP contribution in [0, 0.1) is 0 Å². The highest BCUT2D eigenvalue weighted by atomic mass is 16.1. The third-order valence-electron chi connectivity index (χ3n) is 3.12. The van der Waals surface area contributed by atoms with Crippen molar-refractivity contribution in [3.63, 3.8) is 0 Å². The maximum atomic E-state index is 12.2. The fourth-order valence-corrected chi connectivity index (χ4v) is 2.06. The molecule has 18 heavy (non-hydrogen) atoms. The largest absolute Gasteiger partial charge is 0.312 e. The van der Waals surface area contributed by atoms with Gasteiger partial charge in [-0.2, -0.15) is 5.10 Å². The van der Waals surface area contributed by atoms with Gasteiger partial charge in [-0.1, -0.05) is 13.8 Å². The summed E-state index contributed by atoms with van der Waals surface area (Å²) in [5, 5.41) is 7.99. The van der Waals surface area contributed by atoms with E-state index >= 15 is 0 Å². The molecule has 0 amide bonds. The Kier molecular flexibility index (Phi) is 3.76. The van der Waals surface area contributed by atoms with Gasteiger partial charge in [0.05, 0.1) is 6.20 Å². The van der Waals surface area contributed by atoms with E-state index in [0.717, 1.165) is 13.0 Å². The average molecular weight is 249 g/mol. The van der Waals surface area contributed by atoms with Crippen LogP contribution in [-0.4, -0.2) is 31.9 Å². The van der Waals surface area contributed by atoms with Crippen molar-refractivity contribution in [2.45, 2.75) is 32.9 Å². The Morgan fingerprint density at radius 3 is 2.89 bits per heavy atom. The van der Waals surface area contributed by atoms with Crippen LogP contribution in [0.4, 0.5) is 0 Å². The molecule has 0 aliphatic rings. The molecule has 0 saturated heterocycles. The van der Waals surface area contributed by atoms with Gasteiger partial charge in [-0.25, -0.2) is 4.98 Å². The molecule has 98 valence electrons. The van der Waals surface area contributed by atoms with Crippen LogP contribution in [0.5, 0.6) is 0 Å². The van der Waals surface area contributed by atoms with Gasteiger partial charge < -0.3 is 5.32 Å². The topological polar surface area (TPSA) is 64.7 Å². The fourth-order valence-electron chi connectivity index (χ4n) is 2.06. The third-order valence-corrected chi connectivity index (χ3v) is 3.12. The van der Waals surface area contributed by atoms with Gasteiger partial charge in [0.2, 0.25) is 0 Å². The number of hydrogen-bond acceptors (Lipinski definition) is 4. The number of fused-ring (bicyclic) bond motifs is 1. The van der Waals surface area contributed by atoms with E-state index in [-0.39, 0.29) is 5.56 Å². The Bertz CT molecular complexity index is 586.